The number of esters is 1. The Hall–Kier alpha value is -4.12. The Balaban J connectivity index is 1.39. The highest BCUT2D eigenvalue weighted by atomic mass is 16.5. The average molecular weight is 510 g/mol. The van der Waals surface area contributed by atoms with Crippen LogP contribution < -0.4 is 10.3 Å². The largest absolute Gasteiger partial charge is 0.494 e. The Bertz CT molecular complexity index is 1310. The molecule has 0 saturated carbocycles. The van der Waals surface area contributed by atoms with E-state index < -0.39 is 0 Å². The number of carbonyl (C=O) groups is 1. The third-order valence-electron chi connectivity index (χ3n) is 6.47. The van der Waals surface area contributed by atoms with Crippen LogP contribution in [0.3, 0.4) is 0 Å². The molecule has 0 amide bonds. The second-order valence-corrected chi connectivity index (χ2v) is 9.26. The molecule has 0 aliphatic carbocycles. The Morgan fingerprint density at radius 1 is 0.816 bits per heavy atom. The minimum Gasteiger partial charge on any atom is -0.494 e. The second kappa shape index (κ2) is 14.0. The smallest absolute Gasteiger partial charge is 0.305 e. The van der Waals surface area contributed by atoms with Crippen molar-refractivity contribution in [3.8, 4) is 5.75 Å². The van der Waals surface area contributed by atoms with Gasteiger partial charge in [-0.25, -0.2) is 0 Å². The van der Waals surface area contributed by atoms with Crippen LogP contribution in [-0.2, 0) is 22.5 Å². The third kappa shape index (κ3) is 7.69. The van der Waals surface area contributed by atoms with E-state index in [9.17, 15) is 9.59 Å². The topological polar surface area (TPSA) is 57.5 Å². The van der Waals surface area contributed by atoms with Gasteiger partial charge < -0.3 is 14.0 Å². The molecule has 0 N–H and O–H groups in total. The van der Waals surface area contributed by atoms with Crippen molar-refractivity contribution >= 4 is 5.97 Å². The van der Waals surface area contributed by atoms with E-state index in [4.69, 9.17) is 9.47 Å². The van der Waals surface area contributed by atoms with Crippen molar-refractivity contribution in [2.45, 2.75) is 45.1 Å². The molecule has 1 aromatic heterocycles. The molecule has 1 heterocycles. The number of pyridine rings is 1. The van der Waals surface area contributed by atoms with Gasteiger partial charge >= 0.3 is 5.97 Å². The first kappa shape index (κ1) is 26.9. The molecular weight excluding hydrogens is 474 g/mol. The van der Waals surface area contributed by atoms with Gasteiger partial charge in [0.15, 0.2) is 0 Å². The van der Waals surface area contributed by atoms with Crippen LogP contribution in [0.4, 0.5) is 0 Å². The lowest BCUT2D eigenvalue weighted by Gasteiger charge is -2.20. The van der Waals surface area contributed by atoms with E-state index in [-0.39, 0.29) is 17.4 Å². The molecule has 0 unspecified atom stereocenters. The van der Waals surface area contributed by atoms with Crippen LogP contribution in [0.15, 0.2) is 108 Å². The molecule has 0 aliphatic heterocycles. The van der Waals surface area contributed by atoms with Crippen LogP contribution in [0.5, 0.6) is 5.75 Å². The predicted molar refractivity (Wildman–Crippen MR) is 151 cm³/mol. The van der Waals surface area contributed by atoms with Crippen molar-refractivity contribution in [2.75, 3.05) is 13.2 Å². The monoisotopic (exact) mass is 509 g/mol. The maximum absolute atomic E-state index is 12.7. The summed E-state index contributed by atoms with van der Waals surface area (Å²) in [4.78, 5) is 24.2. The van der Waals surface area contributed by atoms with Crippen molar-refractivity contribution < 1.29 is 14.3 Å². The first-order valence-corrected chi connectivity index (χ1v) is 13.3. The molecule has 3 aromatic carbocycles. The van der Waals surface area contributed by atoms with E-state index in [1.165, 1.54) is 11.1 Å². The zero-order chi connectivity index (χ0) is 26.6. The van der Waals surface area contributed by atoms with Crippen LogP contribution in [0, 0.1) is 0 Å². The SMILES string of the molecule is CCOC(=O)CCCOc1cccc(CCCn2cc(C(c3ccccc3)c3ccccc3)ccc2=O)c1. The van der Waals surface area contributed by atoms with Crippen molar-refractivity contribution in [3.05, 3.63) is 136 Å². The fourth-order valence-electron chi connectivity index (χ4n) is 4.65. The summed E-state index contributed by atoms with van der Waals surface area (Å²) >= 11 is 0. The van der Waals surface area contributed by atoms with Crippen LogP contribution in [0.25, 0.3) is 0 Å². The number of aryl methyl sites for hydroxylation is 2. The zero-order valence-corrected chi connectivity index (χ0v) is 21.9. The zero-order valence-electron chi connectivity index (χ0n) is 21.9. The Morgan fingerprint density at radius 2 is 1.53 bits per heavy atom. The maximum atomic E-state index is 12.7. The summed E-state index contributed by atoms with van der Waals surface area (Å²) in [7, 11) is 0. The number of rotatable bonds is 13. The summed E-state index contributed by atoms with van der Waals surface area (Å²) < 4.78 is 12.6. The Morgan fingerprint density at radius 3 is 2.21 bits per heavy atom. The van der Waals surface area contributed by atoms with Crippen LogP contribution in [0.1, 0.15) is 54.4 Å². The molecule has 0 aliphatic rings. The number of hydrogen-bond donors (Lipinski definition) is 0. The summed E-state index contributed by atoms with van der Waals surface area (Å²) in [6.45, 7) is 3.31. The average Bonchev–Trinajstić information content (AvgIpc) is 2.94. The summed E-state index contributed by atoms with van der Waals surface area (Å²) in [5.74, 6) is 0.656. The van der Waals surface area contributed by atoms with Gasteiger partial charge in [0.25, 0.3) is 5.56 Å². The number of aromatic nitrogens is 1. The fraction of sp³-hybridized carbons (Fsp3) is 0.273. The van der Waals surface area contributed by atoms with Crippen molar-refractivity contribution in [3.63, 3.8) is 0 Å². The van der Waals surface area contributed by atoms with E-state index >= 15 is 0 Å². The molecule has 196 valence electrons. The molecule has 0 radical (unpaired) electrons. The normalized spacial score (nSPS) is 10.9. The maximum Gasteiger partial charge on any atom is 0.305 e. The summed E-state index contributed by atoms with van der Waals surface area (Å²) in [5, 5.41) is 0. The summed E-state index contributed by atoms with van der Waals surface area (Å²) in [6, 6.07) is 32.5. The summed E-state index contributed by atoms with van der Waals surface area (Å²) in [5.41, 5.74) is 4.65. The first-order valence-electron chi connectivity index (χ1n) is 13.3. The lowest BCUT2D eigenvalue weighted by atomic mass is 9.86. The first-order chi connectivity index (χ1) is 18.6. The lowest BCUT2D eigenvalue weighted by Crippen LogP contribution is -2.20. The molecule has 0 saturated heterocycles. The quantitative estimate of drug-likeness (QED) is 0.155. The highest BCUT2D eigenvalue weighted by Gasteiger charge is 2.17. The van der Waals surface area contributed by atoms with Gasteiger partial charge in [0.05, 0.1) is 13.2 Å². The highest BCUT2D eigenvalue weighted by molar-refractivity contribution is 5.69. The molecular formula is C33H35NO4. The Kier molecular flexibility index (Phi) is 9.91. The Labute approximate surface area is 224 Å². The van der Waals surface area contributed by atoms with E-state index in [1.807, 2.05) is 47.2 Å². The standard InChI is InChI=1S/C33H35NO4/c1-2-37-32(36)19-11-23-38-30-18-9-12-26(24-30)13-10-22-34-25-29(20-21-31(34)35)33(27-14-5-3-6-15-27)28-16-7-4-8-17-28/h3-9,12,14-18,20-21,24-25,33H,2,10-11,13,19,22-23H2,1H3. The number of ether oxygens (including phenoxy) is 2. The number of benzene rings is 3. The summed E-state index contributed by atoms with van der Waals surface area (Å²) in [6.07, 6.45) is 4.65. The third-order valence-corrected chi connectivity index (χ3v) is 6.47. The molecule has 0 spiro atoms. The lowest BCUT2D eigenvalue weighted by molar-refractivity contribution is -0.143. The highest BCUT2D eigenvalue weighted by Crippen LogP contribution is 2.31. The van der Waals surface area contributed by atoms with E-state index in [0.717, 1.165) is 29.7 Å². The number of hydrogen-bond acceptors (Lipinski definition) is 4. The minimum atomic E-state index is -0.192. The van der Waals surface area contributed by atoms with Crippen molar-refractivity contribution in [2.24, 2.45) is 0 Å². The van der Waals surface area contributed by atoms with Gasteiger partial charge in [-0.05, 0) is 60.6 Å². The minimum absolute atomic E-state index is 0.00677. The molecule has 38 heavy (non-hydrogen) atoms. The second-order valence-electron chi connectivity index (χ2n) is 9.26. The van der Waals surface area contributed by atoms with Gasteiger partial charge in [0.2, 0.25) is 0 Å². The molecule has 0 bridgehead atoms. The van der Waals surface area contributed by atoms with Crippen molar-refractivity contribution in [1.82, 2.24) is 4.57 Å². The van der Waals surface area contributed by atoms with E-state index in [2.05, 4.69) is 54.6 Å². The molecule has 5 heteroatoms. The fourth-order valence-corrected chi connectivity index (χ4v) is 4.65. The van der Waals surface area contributed by atoms with Gasteiger partial charge in [-0.15, -0.1) is 0 Å². The van der Waals surface area contributed by atoms with Gasteiger partial charge in [0, 0.05) is 31.1 Å². The van der Waals surface area contributed by atoms with Crippen LogP contribution >= 0.6 is 0 Å². The molecule has 4 aromatic rings. The van der Waals surface area contributed by atoms with Crippen LogP contribution in [-0.4, -0.2) is 23.8 Å². The number of carbonyl (C=O) groups excluding carboxylic acids is 1. The van der Waals surface area contributed by atoms with E-state index in [1.54, 1.807) is 13.0 Å². The molecule has 5 nitrogen and oxygen atoms in total. The van der Waals surface area contributed by atoms with Crippen molar-refractivity contribution in [1.29, 1.82) is 0 Å². The van der Waals surface area contributed by atoms with E-state index in [0.29, 0.717) is 32.6 Å². The predicted octanol–water partition coefficient (Wildman–Crippen LogP) is 6.38. The van der Waals surface area contributed by atoms with Gasteiger partial charge in [-0.1, -0.05) is 78.9 Å². The van der Waals surface area contributed by atoms with Gasteiger partial charge in [0.1, 0.15) is 5.75 Å². The molecule has 4 rings (SSSR count). The van der Waals surface area contributed by atoms with Gasteiger partial charge in [-0.2, -0.15) is 0 Å². The van der Waals surface area contributed by atoms with Crippen LogP contribution in [0.2, 0.25) is 0 Å². The molecule has 0 atom stereocenters. The number of nitrogens with zero attached hydrogens (tertiary/aromatic N) is 1. The molecule has 0 fully saturated rings. The van der Waals surface area contributed by atoms with Gasteiger partial charge in [-0.3, -0.25) is 9.59 Å².